The number of halogens is 1. The van der Waals surface area contributed by atoms with Gasteiger partial charge in [0.15, 0.2) is 0 Å². The van der Waals surface area contributed by atoms with Crippen LogP contribution in [0, 0.1) is 0 Å². The molecule has 0 bridgehead atoms. The Morgan fingerprint density at radius 2 is 1.63 bits per heavy atom. The highest BCUT2D eigenvalue weighted by Crippen LogP contribution is 2.44. The molecule has 0 saturated heterocycles. The summed E-state index contributed by atoms with van der Waals surface area (Å²) in [5.41, 5.74) is 5.21. The first kappa shape index (κ1) is 24.5. The molecular formula is C27H25BrN2O5. The van der Waals surface area contributed by atoms with Gasteiger partial charge in [-0.05, 0) is 62.8 Å². The van der Waals surface area contributed by atoms with Crippen molar-refractivity contribution in [1.29, 1.82) is 0 Å². The van der Waals surface area contributed by atoms with E-state index in [0.717, 1.165) is 22.3 Å². The highest BCUT2D eigenvalue weighted by atomic mass is 79.9. The number of carbonyl (C=O) groups excluding carboxylic acids is 2. The van der Waals surface area contributed by atoms with E-state index >= 15 is 0 Å². The lowest BCUT2D eigenvalue weighted by Crippen LogP contribution is -2.36. The van der Waals surface area contributed by atoms with Crippen LogP contribution in [0.3, 0.4) is 0 Å². The predicted octanol–water partition coefficient (Wildman–Crippen LogP) is 5.79. The standard InChI is InChI=1S/C27H25BrN2O5/c1-2-16(14-25(31)32)29-26(33)22-13-17(11-12-24(22)28)30-27(34)35-15-23-20-9-5-3-7-18(20)19-8-4-6-10-21(19)23/h3-13,16,23H,2,14-15H2,1H3,(H,29,33)(H,30,34)(H,31,32)/t16-/m1/s1. The molecule has 1 aliphatic carbocycles. The topological polar surface area (TPSA) is 105 Å². The highest BCUT2D eigenvalue weighted by Gasteiger charge is 2.29. The maximum Gasteiger partial charge on any atom is 0.411 e. The summed E-state index contributed by atoms with van der Waals surface area (Å²) in [7, 11) is 0. The molecule has 0 heterocycles. The zero-order valence-corrected chi connectivity index (χ0v) is 20.7. The highest BCUT2D eigenvalue weighted by molar-refractivity contribution is 9.10. The van der Waals surface area contributed by atoms with Crippen LogP contribution in [-0.2, 0) is 9.53 Å². The Morgan fingerprint density at radius 1 is 1.00 bits per heavy atom. The molecule has 2 amide bonds. The van der Waals surface area contributed by atoms with Gasteiger partial charge in [0.05, 0.1) is 12.0 Å². The molecule has 0 spiro atoms. The van der Waals surface area contributed by atoms with Crippen LogP contribution in [0.25, 0.3) is 11.1 Å². The lowest BCUT2D eigenvalue weighted by molar-refractivity contribution is -0.137. The van der Waals surface area contributed by atoms with Gasteiger partial charge in [-0.25, -0.2) is 4.79 Å². The average Bonchev–Trinajstić information content (AvgIpc) is 3.17. The maximum absolute atomic E-state index is 12.7. The van der Waals surface area contributed by atoms with E-state index in [4.69, 9.17) is 9.84 Å². The van der Waals surface area contributed by atoms with E-state index in [-0.39, 0.29) is 24.5 Å². The quantitative estimate of drug-likeness (QED) is 0.337. The third-order valence-electron chi connectivity index (χ3n) is 6.05. The second kappa shape index (κ2) is 10.7. The van der Waals surface area contributed by atoms with Crippen molar-refractivity contribution in [3.63, 3.8) is 0 Å². The summed E-state index contributed by atoms with van der Waals surface area (Å²) in [6.07, 6.45) is -0.317. The molecule has 35 heavy (non-hydrogen) atoms. The van der Waals surface area contributed by atoms with Crippen molar-refractivity contribution in [2.75, 3.05) is 11.9 Å². The Hall–Kier alpha value is -3.65. The smallest absolute Gasteiger partial charge is 0.411 e. The number of hydrogen-bond acceptors (Lipinski definition) is 4. The third-order valence-corrected chi connectivity index (χ3v) is 6.74. The molecular weight excluding hydrogens is 512 g/mol. The molecule has 8 heteroatoms. The molecule has 3 aromatic carbocycles. The van der Waals surface area contributed by atoms with Crippen LogP contribution in [0.5, 0.6) is 0 Å². The van der Waals surface area contributed by atoms with Gasteiger partial charge in [0.2, 0.25) is 0 Å². The van der Waals surface area contributed by atoms with Crippen LogP contribution >= 0.6 is 15.9 Å². The Morgan fingerprint density at radius 3 is 2.23 bits per heavy atom. The summed E-state index contributed by atoms with van der Waals surface area (Å²) in [6, 6.07) is 20.5. The molecule has 0 radical (unpaired) electrons. The van der Waals surface area contributed by atoms with Crippen LogP contribution in [0.2, 0.25) is 0 Å². The number of fused-ring (bicyclic) bond motifs is 3. The predicted molar refractivity (Wildman–Crippen MR) is 137 cm³/mol. The van der Waals surface area contributed by atoms with Crippen molar-refractivity contribution in [3.05, 3.63) is 87.9 Å². The van der Waals surface area contributed by atoms with E-state index < -0.39 is 24.0 Å². The molecule has 0 fully saturated rings. The SMILES string of the molecule is CC[C@H](CC(=O)O)NC(=O)c1cc(NC(=O)OCC2c3ccccc3-c3ccccc32)ccc1Br. The fourth-order valence-electron chi connectivity index (χ4n) is 4.30. The molecule has 180 valence electrons. The first-order valence-corrected chi connectivity index (χ1v) is 12.1. The number of carboxylic acids is 1. The lowest BCUT2D eigenvalue weighted by Gasteiger charge is -2.17. The van der Waals surface area contributed by atoms with Crippen molar-refractivity contribution in [1.82, 2.24) is 5.32 Å². The lowest BCUT2D eigenvalue weighted by atomic mass is 9.98. The van der Waals surface area contributed by atoms with E-state index in [9.17, 15) is 14.4 Å². The summed E-state index contributed by atoms with van der Waals surface area (Å²) in [5, 5.41) is 14.4. The van der Waals surface area contributed by atoms with E-state index in [1.54, 1.807) is 19.1 Å². The summed E-state index contributed by atoms with van der Waals surface area (Å²) in [5.74, 6) is -1.47. The van der Waals surface area contributed by atoms with Crippen molar-refractivity contribution in [2.24, 2.45) is 0 Å². The number of carbonyl (C=O) groups is 3. The van der Waals surface area contributed by atoms with Gasteiger partial charge in [-0.15, -0.1) is 0 Å². The summed E-state index contributed by atoms with van der Waals surface area (Å²) >= 11 is 3.35. The van der Waals surface area contributed by atoms with Gasteiger partial charge in [-0.1, -0.05) is 55.5 Å². The molecule has 0 aliphatic heterocycles. The molecule has 1 atom stereocenters. The number of aliphatic carboxylic acids is 1. The third kappa shape index (κ3) is 5.54. The molecule has 7 nitrogen and oxygen atoms in total. The monoisotopic (exact) mass is 536 g/mol. The number of carboxylic acid groups (broad SMARTS) is 1. The number of anilines is 1. The van der Waals surface area contributed by atoms with E-state index in [1.807, 2.05) is 24.3 Å². The number of hydrogen-bond donors (Lipinski definition) is 3. The first-order valence-electron chi connectivity index (χ1n) is 11.3. The molecule has 3 N–H and O–H groups in total. The van der Waals surface area contributed by atoms with Crippen molar-refractivity contribution < 1.29 is 24.2 Å². The average molecular weight is 537 g/mol. The zero-order valence-electron chi connectivity index (χ0n) is 19.1. The van der Waals surface area contributed by atoms with Gasteiger partial charge < -0.3 is 15.2 Å². The Bertz CT molecular complexity index is 1230. The Labute approximate surface area is 211 Å². The normalized spacial score (nSPS) is 12.9. The molecule has 1 aliphatic rings. The number of rotatable bonds is 8. The molecule has 0 unspecified atom stereocenters. The largest absolute Gasteiger partial charge is 0.481 e. The minimum Gasteiger partial charge on any atom is -0.481 e. The van der Waals surface area contributed by atoms with Crippen molar-refractivity contribution in [3.8, 4) is 11.1 Å². The van der Waals surface area contributed by atoms with Crippen LogP contribution < -0.4 is 10.6 Å². The Balaban J connectivity index is 1.42. The van der Waals surface area contributed by atoms with Crippen LogP contribution in [-0.4, -0.2) is 35.7 Å². The van der Waals surface area contributed by atoms with Crippen LogP contribution in [0.1, 0.15) is 47.2 Å². The van der Waals surface area contributed by atoms with Gasteiger partial charge in [-0.2, -0.15) is 0 Å². The van der Waals surface area contributed by atoms with Crippen LogP contribution in [0.4, 0.5) is 10.5 Å². The minimum atomic E-state index is -0.984. The number of ether oxygens (including phenoxy) is 1. The summed E-state index contributed by atoms with van der Waals surface area (Å²) in [4.78, 5) is 36.3. The summed E-state index contributed by atoms with van der Waals surface area (Å²) < 4.78 is 6.10. The van der Waals surface area contributed by atoms with Gasteiger partial charge in [0.25, 0.3) is 5.91 Å². The van der Waals surface area contributed by atoms with E-state index in [2.05, 4.69) is 50.8 Å². The number of amides is 2. The van der Waals surface area contributed by atoms with Crippen LogP contribution in [0.15, 0.2) is 71.2 Å². The van der Waals surface area contributed by atoms with Gasteiger partial charge in [0, 0.05) is 22.1 Å². The zero-order chi connectivity index (χ0) is 24.9. The molecule has 0 saturated carbocycles. The van der Waals surface area contributed by atoms with E-state index in [0.29, 0.717) is 16.6 Å². The first-order chi connectivity index (χ1) is 16.9. The van der Waals surface area contributed by atoms with E-state index in [1.165, 1.54) is 6.07 Å². The number of benzene rings is 3. The maximum atomic E-state index is 12.7. The second-order valence-corrected chi connectivity index (χ2v) is 9.18. The van der Waals surface area contributed by atoms with Gasteiger partial charge in [-0.3, -0.25) is 14.9 Å². The number of nitrogens with one attached hydrogen (secondary N) is 2. The Kier molecular flexibility index (Phi) is 7.51. The van der Waals surface area contributed by atoms with Gasteiger partial charge in [0.1, 0.15) is 6.61 Å². The molecule has 4 rings (SSSR count). The van der Waals surface area contributed by atoms with Gasteiger partial charge >= 0.3 is 12.1 Å². The summed E-state index contributed by atoms with van der Waals surface area (Å²) in [6.45, 7) is 1.98. The fourth-order valence-corrected chi connectivity index (χ4v) is 4.73. The second-order valence-electron chi connectivity index (χ2n) is 8.32. The molecule has 0 aromatic heterocycles. The van der Waals surface area contributed by atoms with Crippen molar-refractivity contribution >= 4 is 39.6 Å². The minimum absolute atomic E-state index is 0.0559. The van der Waals surface area contributed by atoms with Crippen molar-refractivity contribution in [2.45, 2.75) is 31.7 Å². The molecule has 3 aromatic rings. The fraction of sp³-hybridized carbons (Fsp3) is 0.222.